The second kappa shape index (κ2) is 10.9. The van der Waals surface area contributed by atoms with Crippen molar-refractivity contribution < 1.29 is 22.7 Å². The molecule has 0 fully saturated rings. The van der Waals surface area contributed by atoms with Crippen molar-refractivity contribution >= 4 is 44.3 Å². The van der Waals surface area contributed by atoms with E-state index < -0.39 is 21.9 Å². The summed E-state index contributed by atoms with van der Waals surface area (Å²) in [6.45, 7) is 1.90. The maximum Gasteiger partial charge on any atom is 0.337 e. The van der Waals surface area contributed by atoms with E-state index in [-0.39, 0.29) is 10.7 Å². The first-order valence-corrected chi connectivity index (χ1v) is 13.5. The van der Waals surface area contributed by atoms with E-state index in [4.69, 9.17) is 0 Å². The Morgan fingerprint density at radius 3 is 2.23 bits per heavy atom. The molecule has 0 spiro atoms. The lowest BCUT2D eigenvalue weighted by molar-refractivity contribution is 0.0600. The molecule has 0 unspecified atom stereocenters. The maximum absolute atomic E-state index is 13.3. The van der Waals surface area contributed by atoms with Gasteiger partial charge in [0.2, 0.25) is 0 Å². The SMILES string of the molecule is COC(=O)c1ccc(C(=O)Nc2ccc(S(=O)(=O)Nc3nc(-c4ncccc4C)cc4cccnc34)cc2)cc1. The molecule has 10 nitrogen and oxygen atoms in total. The molecule has 200 valence electrons. The number of hydrogen-bond donors (Lipinski definition) is 2. The Bertz CT molecular complexity index is 1840. The van der Waals surface area contributed by atoms with Gasteiger partial charge in [0.05, 0.1) is 29.0 Å². The van der Waals surface area contributed by atoms with E-state index in [9.17, 15) is 18.0 Å². The van der Waals surface area contributed by atoms with E-state index in [1.54, 1.807) is 18.5 Å². The molecule has 3 aromatic heterocycles. The number of methoxy groups -OCH3 is 1. The number of ether oxygens (including phenoxy) is 1. The Hall–Kier alpha value is -5.16. The molecule has 40 heavy (non-hydrogen) atoms. The van der Waals surface area contributed by atoms with Gasteiger partial charge >= 0.3 is 5.97 Å². The van der Waals surface area contributed by atoms with E-state index in [2.05, 4.69) is 29.7 Å². The number of carbonyl (C=O) groups is 2. The lowest BCUT2D eigenvalue weighted by Gasteiger charge is -2.13. The first kappa shape index (κ1) is 26.4. The normalized spacial score (nSPS) is 11.2. The summed E-state index contributed by atoms with van der Waals surface area (Å²) in [7, 11) is -2.78. The summed E-state index contributed by atoms with van der Waals surface area (Å²) in [6, 6.07) is 20.8. The van der Waals surface area contributed by atoms with Crippen LogP contribution in [0.4, 0.5) is 11.5 Å². The number of amides is 1. The predicted octanol–water partition coefficient (Wildman–Crippen LogP) is 4.84. The van der Waals surface area contributed by atoms with Crippen LogP contribution >= 0.6 is 0 Å². The van der Waals surface area contributed by atoms with Crippen LogP contribution < -0.4 is 10.0 Å². The molecule has 3 heterocycles. The van der Waals surface area contributed by atoms with Gasteiger partial charge in [-0.1, -0.05) is 12.1 Å². The standard InChI is InChI=1S/C29H23N5O5S/c1-18-5-3-15-30-25(18)24-17-21-6-4-16-31-26(21)27(33-24)34-40(37,38)23-13-11-22(12-14-23)32-28(35)19-7-9-20(10-8-19)29(36)39-2/h3-17H,1-2H3,(H,32,35)(H,33,34). The predicted molar refractivity (Wildman–Crippen MR) is 150 cm³/mol. The fraction of sp³-hybridized carbons (Fsp3) is 0.0690. The van der Waals surface area contributed by atoms with Gasteiger partial charge in [0.1, 0.15) is 5.52 Å². The average Bonchev–Trinajstić information content (AvgIpc) is 2.97. The third-order valence-electron chi connectivity index (χ3n) is 6.06. The van der Waals surface area contributed by atoms with Crippen molar-refractivity contribution in [2.75, 3.05) is 17.1 Å². The molecule has 0 aliphatic carbocycles. The third-order valence-corrected chi connectivity index (χ3v) is 7.42. The van der Waals surface area contributed by atoms with E-state index in [1.807, 2.05) is 31.2 Å². The number of hydrogen-bond acceptors (Lipinski definition) is 8. The Kier molecular flexibility index (Phi) is 7.21. The van der Waals surface area contributed by atoms with Gasteiger partial charge in [-0.15, -0.1) is 0 Å². The van der Waals surface area contributed by atoms with Gasteiger partial charge < -0.3 is 10.1 Å². The fourth-order valence-electron chi connectivity index (χ4n) is 4.01. The van der Waals surface area contributed by atoms with Gasteiger partial charge in [-0.2, -0.15) is 0 Å². The molecule has 0 aliphatic heterocycles. The van der Waals surface area contributed by atoms with E-state index in [0.717, 1.165) is 5.56 Å². The number of benzene rings is 2. The van der Waals surface area contributed by atoms with Crippen LogP contribution in [0.2, 0.25) is 0 Å². The highest BCUT2D eigenvalue weighted by Gasteiger charge is 2.19. The number of aromatic nitrogens is 3. The van der Waals surface area contributed by atoms with Crippen molar-refractivity contribution in [2.24, 2.45) is 0 Å². The summed E-state index contributed by atoms with van der Waals surface area (Å²) in [5.74, 6) is -0.852. The molecule has 0 bridgehead atoms. The van der Waals surface area contributed by atoms with Crippen molar-refractivity contribution in [1.82, 2.24) is 15.0 Å². The Balaban J connectivity index is 1.38. The molecule has 0 saturated heterocycles. The number of sulfonamides is 1. The van der Waals surface area contributed by atoms with Gasteiger partial charge in [0.15, 0.2) is 5.82 Å². The lowest BCUT2D eigenvalue weighted by Crippen LogP contribution is -2.15. The Labute approximate surface area is 230 Å². The molecule has 0 radical (unpaired) electrons. The lowest BCUT2D eigenvalue weighted by atomic mass is 10.1. The van der Waals surface area contributed by atoms with Crippen LogP contribution in [-0.2, 0) is 14.8 Å². The summed E-state index contributed by atoms with van der Waals surface area (Å²) in [5.41, 5.74) is 3.45. The minimum atomic E-state index is -4.06. The van der Waals surface area contributed by atoms with Crippen molar-refractivity contribution in [1.29, 1.82) is 0 Å². The first-order valence-electron chi connectivity index (χ1n) is 12.1. The van der Waals surface area contributed by atoms with E-state index in [0.29, 0.717) is 39.1 Å². The summed E-state index contributed by atoms with van der Waals surface area (Å²) < 4.78 is 33.8. The maximum atomic E-state index is 13.3. The highest BCUT2D eigenvalue weighted by atomic mass is 32.2. The third kappa shape index (κ3) is 5.49. The van der Waals surface area contributed by atoms with E-state index in [1.165, 1.54) is 55.6 Å². The number of esters is 1. The number of nitrogens with one attached hydrogen (secondary N) is 2. The number of anilines is 2. The molecule has 2 N–H and O–H groups in total. The second-order valence-corrected chi connectivity index (χ2v) is 10.4. The summed E-state index contributed by atoms with van der Waals surface area (Å²) >= 11 is 0. The van der Waals surface area contributed by atoms with Gasteiger partial charge in [0, 0.05) is 29.0 Å². The minimum Gasteiger partial charge on any atom is -0.465 e. The number of nitrogens with zero attached hydrogens (tertiary/aromatic N) is 3. The molecule has 0 atom stereocenters. The Morgan fingerprint density at radius 2 is 1.52 bits per heavy atom. The Morgan fingerprint density at radius 1 is 0.850 bits per heavy atom. The quantitative estimate of drug-likeness (QED) is 0.273. The van der Waals surface area contributed by atoms with Gasteiger partial charge in [0.25, 0.3) is 15.9 Å². The highest BCUT2D eigenvalue weighted by Crippen LogP contribution is 2.28. The molecule has 0 saturated carbocycles. The molecular formula is C29H23N5O5S. The average molecular weight is 554 g/mol. The topological polar surface area (TPSA) is 140 Å². The second-order valence-electron chi connectivity index (χ2n) is 8.75. The van der Waals surface area contributed by atoms with Crippen LogP contribution in [0.1, 0.15) is 26.3 Å². The molecule has 11 heteroatoms. The van der Waals surface area contributed by atoms with Crippen LogP contribution in [-0.4, -0.2) is 42.4 Å². The molecule has 5 rings (SSSR count). The molecule has 2 aromatic carbocycles. The molecule has 5 aromatic rings. The van der Waals surface area contributed by atoms with Crippen LogP contribution in [0, 0.1) is 6.92 Å². The van der Waals surface area contributed by atoms with Crippen molar-refractivity contribution in [3.05, 3.63) is 108 Å². The zero-order valence-electron chi connectivity index (χ0n) is 21.5. The number of pyridine rings is 3. The van der Waals surface area contributed by atoms with Crippen LogP contribution in [0.25, 0.3) is 22.3 Å². The highest BCUT2D eigenvalue weighted by molar-refractivity contribution is 7.92. The summed E-state index contributed by atoms with van der Waals surface area (Å²) in [5, 5.41) is 3.41. The van der Waals surface area contributed by atoms with Crippen molar-refractivity contribution in [3.8, 4) is 11.4 Å². The van der Waals surface area contributed by atoms with Gasteiger partial charge in [-0.05, 0) is 79.2 Å². The van der Waals surface area contributed by atoms with Crippen LogP contribution in [0.3, 0.4) is 0 Å². The first-order chi connectivity index (χ1) is 19.2. The van der Waals surface area contributed by atoms with Crippen LogP contribution in [0.15, 0.2) is 96.2 Å². The smallest absolute Gasteiger partial charge is 0.337 e. The van der Waals surface area contributed by atoms with Crippen molar-refractivity contribution in [2.45, 2.75) is 11.8 Å². The largest absolute Gasteiger partial charge is 0.465 e. The van der Waals surface area contributed by atoms with E-state index >= 15 is 0 Å². The monoisotopic (exact) mass is 553 g/mol. The number of rotatable bonds is 7. The zero-order chi connectivity index (χ0) is 28.3. The molecular weight excluding hydrogens is 530 g/mol. The number of carbonyl (C=O) groups excluding carboxylic acids is 2. The summed E-state index contributed by atoms with van der Waals surface area (Å²) in [6.07, 6.45) is 3.22. The van der Waals surface area contributed by atoms with Crippen molar-refractivity contribution in [3.63, 3.8) is 0 Å². The van der Waals surface area contributed by atoms with Crippen LogP contribution in [0.5, 0.6) is 0 Å². The van der Waals surface area contributed by atoms with Gasteiger partial charge in [-0.3, -0.25) is 19.5 Å². The minimum absolute atomic E-state index is 0.0294. The van der Waals surface area contributed by atoms with Gasteiger partial charge in [-0.25, -0.2) is 18.2 Å². The fourth-order valence-corrected chi connectivity index (χ4v) is 5.02. The summed E-state index contributed by atoms with van der Waals surface area (Å²) in [4.78, 5) is 37.5. The zero-order valence-corrected chi connectivity index (χ0v) is 22.3. The molecule has 0 aliphatic rings. The number of fused-ring (bicyclic) bond motifs is 1. The number of aryl methyl sites for hydroxylation is 1. The molecule has 1 amide bonds.